The van der Waals surface area contributed by atoms with Crippen LogP contribution in [0.5, 0.6) is 0 Å². The Balaban J connectivity index is 3.20. The lowest BCUT2D eigenvalue weighted by Crippen LogP contribution is -2.73. The number of nitrogens with zero attached hydrogens (tertiary/aromatic N) is 1. The Morgan fingerprint density at radius 3 is 2.00 bits per heavy atom. The maximum absolute atomic E-state index is 6.36. The molecule has 0 saturated carbocycles. The molecule has 1 heterocycles. The fraction of sp³-hybridized carbons (Fsp3) is 1.00. The Hall–Kier alpha value is 0.0569. The lowest BCUT2D eigenvalue weighted by molar-refractivity contribution is -0.0786. The van der Waals surface area contributed by atoms with E-state index in [1.807, 2.05) is 0 Å². The van der Waals surface area contributed by atoms with Gasteiger partial charge in [0, 0.05) is 25.9 Å². The first-order chi connectivity index (χ1) is 10.0. The highest BCUT2D eigenvalue weighted by Gasteiger charge is 2.62. The summed E-state index contributed by atoms with van der Waals surface area (Å²) in [6.07, 6.45) is 2.35. The van der Waals surface area contributed by atoms with Gasteiger partial charge in [0.25, 0.3) is 0 Å². The minimum atomic E-state index is -2.38. The van der Waals surface area contributed by atoms with E-state index >= 15 is 0 Å². The summed E-state index contributed by atoms with van der Waals surface area (Å²) in [7, 11) is -2.38. The normalized spacial score (nSPS) is 29.0. The second-order valence-corrected chi connectivity index (χ2v) is 9.36. The molecule has 0 bridgehead atoms. The van der Waals surface area contributed by atoms with E-state index in [0.29, 0.717) is 25.9 Å². The van der Waals surface area contributed by atoms with E-state index in [0.717, 1.165) is 19.1 Å². The van der Waals surface area contributed by atoms with Gasteiger partial charge in [-0.25, -0.2) is 0 Å². The summed E-state index contributed by atoms with van der Waals surface area (Å²) in [6, 6.07) is 1.44. The summed E-state index contributed by atoms with van der Waals surface area (Å²) in [5, 5.41) is -0.294. The van der Waals surface area contributed by atoms with Crippen LogP contribution in [-0.4, -0.2) is 57.6 Å². The largest absolute Gasteiger partial charge is 0.393 e. The van der Waals surface area contributed by atoms with Gasteiger partial charge in [-0.3, -0.25) is 4.90 Å². The molecule has 1 fully saturated rings. The standard InChI is InChI=1S/C16H35NO3Si/c1-7-17(8-2)15-13-12-14-21(19-10-4,20-11-5)16(15,6)18-9-3/h15H,7-14H2,1-6H3. The summed E-state index contributed by atoms with van der Waals surface area (Å²) < 4.78 is 19.0. The third kappa shape index (κ3) is 3.70. The molecule has 2 atom stereocenters. The zero-order valence-electron chi connectivity index (χ0n) is 14.9. The van der Waals surface area contributed by atoms with Crippen LogP contribution in [0.2, 0.25) is 6.04 Å². The fourth-order valence-corrected chi connectivity index (χ4v) is 8.19. The predicted molar refractivity (Wildman–Crippen MR) is 89.8 cm³/mol. The number of hydrogen-bond donors (Lipinski definition) is 0. The van der Waals surface area contributed by atoms with Crippen LogP contribution >= 0.6 is 0 Å². The van der Waals surface area contributed by atoms with E-state index in [9.17, 15) is 0 Å². The Bertz CT molecular complexity index is 288. The maximum Gasteiger partial charge on any atom is 0.372 e. The Morgan fingerprint density at radius 2 is 1.57 bits per heavy atom. The van der Waals surface area contributed by atoms with E-state index in [2.05, 4.69) is 46.4 Å². The van der Waals surface area contributed by atoms with Gasteiger partial charge in [0.2, 0.25) is 0 Å². The van der Waals surface area contributed by atoms with Crippen LogP contribution in [0.1, 0.15) is 54.4 Å². The lowest BCUT2D eigenvalue weighted by atomic mass is 10.0. The van der Waals surface area contributed by atoms with Gasteiger partial charge in [-0.05, 0) is 59.7 Å². The molecule has 0 spiro atoms. The molecule has 0 aromatic carbocycles. The van der Waals surface area contributed by atoms with Crippen molar-refractivity contribution in [1.82, 2.24) is 4.90 Å². The molecule has 2 unspecified atom stereocenters. The summed E-state index contributed by atoms with van der Waals surface area (Å²) in [6.45, 7) is 17.2. The molecular weight excluding hydrogens is 282 g/mol. The molecule has 21 heavy (non-hydrogen) atoms. The molecule has 0 aromatic rings. The topological polar surface area (TPSA) is 30.9 Å². The Morgan fingerprint density at radius 1 is 1.00 bits per heavy atom. The van der Waals surface area contributed by atoms with Crippen LogP contribution in [0.3, 0.4) is 0 Å². The number of rotatable bonds is 9. The quantitative estimate of drug-likeness (QED) is 0.610. The highest BCUT2D eigenvalue weighted by atomic mass is 28.4. The third-order valence-corrected chi connectivity index (χ3v) is 9.34. The number of likely N-dealkylation sites (N-methyl/N-ethyl adjacent to an activating group) is 1. The number of ether oxygens (including phenoxy) is 1. The van der Waals surface area contributed by atoms with Crippen molar-refractivity contribution in [2.75, 3.05) is 32.9 Å². The third-order valence-electron chi connectivity index (χ3n) is 4.83. The molecule has 5 heteroatoms. The molecule has 1 aliphatic heterocycles. The predicted octanol–water partition coefficient (Wildman–Crippen LogP) is 3.34. The smallest absolute Gasteiger partial charge is 0.372 e. The van der Waals surface area contributed by atoms with Crippen molar-refractivity contribution < 1.29 is 13.6 Å². The SMILES string of the molecule is CCOC1(C)C(N(CC)CC)CCC[Si]1(OCC)OCC. The van der Waals surface area contributed by atoms with Crippen LogP contribution in [0.15, 0.2) is 0 Å². The van der Waals surface area contributed by atoms with Crippen molar-refractivity contribution in [1.29, 1.82) is 0 Å². The van der Waals surface area contributed by atoms with Crippen molar-refractivity contribution >= 4 is 8.56 Å². The van der Waals surface area contributed by atoms with Gasteiger partial charge in [0.15, 0.2) is 0 Å². The highest BCUT2D eigenvalue weighted by molar-refractivity contribution is 6.71. The Labute approximate surface area is 132 Å². The van der Waals surface area contributed by atoms with Crippen molar-refractivity contribution in [3.05, 3.63) is 0 Å². The maximum atomic E-state index is 6.36. The second-order valence-electron chi connectivity index (χ2n) is 5.79. The zero-order chi connectivity index (χ0) is 15.9. The van der Waals surface area contributed by atoms with Gasteiger partial charge >= 0.3 is 8.56 Å². The molecule has 126 valence electrons. The lowest BCUT2D eigenvalue weighted by Gasteiger charge is -2.54. The van der Waals surface area contributed by atoms with Crippen LogP contribution in [-0.2, 0) is 13.6 Å². The van der Waals surface area contributed by atoms with Crippen LogP contribution in [0, 0.1) is 0 Å². The summed E-state index contributed by atoms with van der Waals surface area (Å²) in [4.78, 5) is 2.52. The van der Waals surface area contributed by atoms with Gasteiger partial charge in [-0.2, -0.15) is 0 Å². The van der Waals surface area contributed by atoms with E-state index in [4.69, 9.17) is 13.6 Å². The minimum absolute atomic E-state index is 0.294. The summed E-state index contributed by atoms with van der Waals surface area (Å²) in [5.41, 5.74) is 0. The molecule has 4 nitrogen and oxygen atoms in total. The first-order valence-corrected chi connectivity index (χ1v) is 10.7. The van der Waals surface area contributed by atoms with E-state index < -0.39 is 8.56 Å². The van der Waals surface area contributed by atoms with Crippen LogP contribution in [0.4, 0.5) is 0 Å². The molecule has 1 rings (SSSR count). The van der Waals surface area contributed by atoms with Crippen molar-refractivity contribution in [2.24, 2.45) is 0 Å². The Kier molecular flexibility index (Phi) is 7.85. The van der Waals surface area contributed by atoms with Gasteiger partial charge in [-0.1, -0.05) is 13.8 Å². The minimum Gasteiger partial charge on any atom is -0.393 e. The van der Waals surface area contributed by atoms with Crippen molar-refractivity contribution in [2.45, 2.75) is 71.7 Å². The summed E-state index contributed by atoms with van der Waals surface area (Å²) in [5.74, 6) is 0. The molecule has 0 aromatic heterocycles. The number of hydrogen-bond acceptors (Lipinski definition) is 4. The molecule has 0 N–H and O–H groups in total. The summed E-state index contributed by atoms with van der Waals surface area (Å²) >= 11 is 0. The van der Waals surface area contributed by atoms with Gasteiger partial charge in [0.1, 0.15) is 5.22 Å². The van der Waals surface area contributed by atoms with E-state index in [-0.39, 0.29) is 5.22 Å². The molecular formula is C16H35NO3Si. The van der Waals surface area contributed by atoms with Crippen molar-refractivity contribution in [3.63, 3.8) is 0 Å². The van der Waals surface area contributed by atoms with Gasteiger partial charge < -0.3 is 13.6 Å². The zero-order valence-corrected chi connectivity index (χ0v) is 15.9. The second kappa shape index (κ2) is 8.63. The molecule has 0 radical (unpaired) electrons. The monoisotopic (exact) mass is 317 g/mol. The average molecular weight is 318 g/mol. The highest BCUT2D eigenvalue weighted by Crippen LogP contribution is 2.43. The first kappa shape index (κ1) is 19.1. The molecule has 0 amide bonds. The van der Waals surface area contributed by atoms with Crippen molar-refractivity contribution in [3.8, 4) is 0 Å². The molecule has 1 aliphatic rings. The average Bonchev–Trinajstić information content (AvgIpc) is 2.46. The molecule has 1 saturated heterocycles. The first-order valence-electron chi connectivity index (χ1n) is 8.71. The van der Waals surface area contributed by atoms with E-state index in [1.54, 1.807) is 0 Å². The van der Waals surface area contributed by atoms with Gasteiger partial charge in [-0.15, -0.1) is 0 Å². The van der Waals surface area contributed by atoms with Gasteiger partial charge in [0.05, 0.1) is 0 Å². The molecule has 0 aliphatic carbocycles. The fourth-order valence-electron chi connectivity index (χ4n) is 3.95. The van der Waals surface area contributed by atoms with E-state index in [1.165, 1.54) is 12.8 Å². The van der Waals surface area contributed by atoms with Crippen LogP contribution in [0.25, 0.3) is 0 Å². The van der Waals surface area contributed by atoms with Crippen LogP contribution < -0.4 is 0 Å².